The number of unbranched alkanes of at least 4 members (excludes halogenated alkanes) is 10. The summed E-state index contributed by atoms with van der Waals surface area (Å²) in [5.41, 5.74) is 2.17. The molecule has 47 heavy (non-hydrogen) atoms. The quantitative estimate of drug-likeness (QED) is 0.0502. The van der Waals surface area contributed by atoms with E-state index >= 15 is 0 Å². The van der Waals surface area contributed by atoms with Crippen LogP contribution in [0.1, 0.15) is 132 Å². The molecule has 0 saturated heterocycles. The molecule has 7 rings (SSSR count). The molecule has 0 bridgehead atoms. The third-order valence-corrected chi connectivity index (χ3v) is 11.0. The highest BCUT2D eigenvalue weighted by Gasteiger charge is 2.37. The van der Waals surface area contributed by atoms with Crippen molar-refractivity contribution in [2.75, 3.05) is 13.1 Å². The van der Waals surface area contributed by atoms with Gasteiger partial charge in [0.1, 0.15) is 0 Å². The van der Waals surface area contributed by atoms with Crippen LogP contribution in [-0.4, -0.2) is 46.5 Å². The molecule has 0 atom stereocenters. The summed E-state index contributed by atoms with van der Waals surface area (Å²) < 4.78 is 0.755. The standard InChI is InChI=1S/C40H41BrN2O4/c1-3-5-7-9-11-13-21-42-37(44)27-18-15-24-25-16-19-29-34-30(40(47)43(39(29)46)22-14-12-10-8-6-4-2)23-31(41)35(36(25)34)26-17-20-28(38(42)45)33(27)32(24)26/h15-20,23H,3-14,21-22H2,1-2H3. The molecule has 0 spiro atoms. The second-order valence-corrected chi connectivity index (χ2v) is 14.2. The van der Waals surface area contributed by atoms with Gasteiger partial charge >= 0.3 is 0 Å². The summed E-state index contributed by atoms with van der Waals surface area (Å²) in [5.74, 6) is -0.972. The van der Waals surface area contributed by atoms with Gasteiger partial charge in [-0.2, -0.15) is 0 Å². The van der Waals surface area contributed by atoms with Gasteiger partial charge in [0.15, 0.2) is 0 Å². The summed E-state index contributed by atoms with van der Waals surface area (Å²) in [6, 6.07) is 13.3. The first-order valence-electron chi connectivity index (χ1n) is 17.5. The molecule has 0 saturated carbocycles. The predicted molar refractivity (Wildman–Crippen MR) is 193 cm³/mol. The highest BCUT2D eigenvalue weighted by molar-refractivity contribution is 9.10. The van der Waals surface area contributed by atoms with E-state index in [1.54, 1.807) is 0 Å². The van der Waals surface area contributed by atoms with Crippen molar-refractivity contribution in [1.82, 2.24) is 9.80 Å². The zero-order valence-corrected chi connectivity index (χ0v) is 28.9. The Morgan fingerprint density at radius 1 is 0.447 bits per heavy atom. The molecular formula is C40H41BrN2O4. The summed E-state index contributed by atoms with van der Waals surface area (Å²) in [6.45, 7) is 5.22. The van der Waals surface area contributed by atoms with E-state index in [9.17, 15) is 19.2 Å². The molecule has 0 aromatic heterocycles. The number of imide groups is 2. The van der Waals surface area contributed by atoms with Crippen molar-refractivity contribution in [1.29, 1.82) is 0 Å². The number of rotatable bonds is 14. The molecule has 5 aromatic carbocycles. The second kappa shape index (κ2) is 13.0. The molecule has 7 heteroatoms. The zero-order chi connectivity index (χ0) is 32.8. The number of carbonyl (C=O) groups is 4. The molecule has 2 aliphatic heterocycles. The van der Waals surface area contributed by atoms with Gasteiger partial charge in [-0.15, -0.1) is 0 Å². The fraction of sp³-hybridized carbons (Fsp3) is 0.400. The summed E-state index contributed by atoms with van der Waals surface area (Å²) in [7, 11) is 0. The molecule has 242 valence electrons. The minimum absolute atomic E-state index is 0.239. The first kappa shape index (κ1) is 31.7. The fourth-order valence-corrected chi connectivity index (χ4v) is 8.57. The highest BCUT2D eigenvalue weighted by atomic mass is 79.9. The van der Waals surface area contributed by atoms with Gasteiger partial charge in [-0.1, -0.05) is 112 Å². The lowest BCUT2D eigenvalue weighted by molar-refractivity contribution is 0.0592. The number of halogens is 1. The Morgan fingerprint density at radius 3 is 1.36 bits per heavy atom. The molecule has 5 aromatic rings. The zero-order valence-electron chi connectivity index (χ0n) is 27.3. The molecule has 6 nitrogen and oxygen atoms in total. The van der Waals surface area contributed by atoms with Gasteiger partial charge in [0.25, 0.3) is 23.6 Å². The third-order valence-electron chi connectivity index (χ3n) is 10.3. The Balaban J connectivity index is 1.30. The summed E-state index contributed by atoms with van der Waals surface area (Å²) in [4.78, 5) is 58.2. The van der Waals surface area contributed by atoms with E-state index in [4.69, 9.17) is 0 Å². The van der Waals surface area contributed by atoms with E-state index in [-0.39, 0.29) is 23.6 Å². The van der Waals surface area contributed by atoms with Crippen molar-refractivity contribution in [2.24, 2.45) is 0 Å². The largest absolute Gasteiger partial charge is 0.274 e. The monoisotopic (exact) mass is 692 g/mol. The maximum Gasteiger partial charge on any atom is 0.261 e. The average molecular weight is 694 g/mol. The molecule has 2 heterocycles. The molecule has 0 radical (unpaired) electrons. The molecule has 0 fully saturated rings. The Kier molecular flexibility index (Phi) is 8.77. The number of benzene rings is 5. The van der Waals surface area contributed by atoms with Crippen molar-refractivity contribution in [3.63, 3.8) is 0 Å². The van der Waals surface area contributed by atoms with Gasteiger partial charge in [-0.3, -0.25) is 29.0 Å². The molecule has 0 N–H and O–H groups in total. The Hall–Kier alpha value is -3.84. The number of amides is 4. The van der Waals surface area contributed by atoms with Gasteiger partial charge in [-0.25, -0.2) is 0 Å². The Bertz CT molecular complexity index is 2060. The van der Waals surface area contributed by atoms with Gasteiger partial charge in [0, 0.05) is 61.4 Å². The average Bonchev–Trinajstić information content (AvgIpc) is 3.07. The summed E-state index contributed by atoms with van der Waals surface area (Å²) in [5, 5.41) is 6.69. The van der Waals surface area contributed by atoms with Crippen LogP contribution < -0.4 is 0 Å². The molecule has 2 aliphatic rings. The lowest BCUT2D eigenvalue weighted by Crippen LogP contribution is -2.41. The molecule has 4 amide bonds. The second-order valence-electron chi connectivity index (χ2n) is 13.3. The lowest BCUT2D eigenvalue weighted by Gasteiger charge is -2.30. The van der Waals surface area contributed by atoms with E-state index in [0.717, 1.165) is 75.3 Å². The van der Waals surface area contributed by atoms with Gasteiger partial charge < -0.3 is 0 Å². The van der Waals surface area contributed by atoms with Crippen LogP contribution in [0.3, 0.4) is 0 Å². The minimum Gasteiger partial charge on any atom is -0.274 e. The summed E-state index contributed by atoms with van der Waals surface area (Å²) >= 11 is 3.81. The molecule has 0 aliphatic carbocycles. The van der Waals surface area contributed by atoms with Crippen molar-refractivity contribution in [3.05, 3.63) is 69.2 Å². The van der Waals surface area contributed by atoms with Crippen LogP contribution in [-0.2, 0) is 0 Å². The number of carbonyl (C=O) groups excluding carboxylic acids is 4. The third kappa shape index (κ3) is 5.13. The topological polar surface area (TPSA) is 74.8 Å². The van der Waals surface area contributed by atoms with Crippen LogP contribution >= 0.6 is 15.9 Å². The van der Waals surface area contributed by atoms with Crippen molar-refractivity contribution in [3.8, 4) is 0 Å². The van der Waals surface area contributed by atoms with Crippen LogP contribution in [0.15, 0.2) is 46.9 Å². The first-order chi connectivity index (χ1) is 22.9. The van der Waals surface area contributed by atoms with E-state index < -0.39 is 0 Å². The maximum absolute atomic E-state index is 13.9. The number of hydrogen-bond acceptors (Lipinski definition) is 4. The van der Waals surface area contributed by atoms with E-state index in [1.165, 1.54) is 48.3 Å². The van der Waals surface area contributed by atoms with Crippen LogP contribution in [0, 0.1) is 0 Å². The van der Waals surface area contributed by atoms with Crippen LogP contribution in [0.2, 0.25) is 0 Å². The van der Waals surface area contributed by atoms with Gasteiger partial charge in [0.05, 0.1) is 0 Å². The van der Waals surface area contributed by atoms with Crippen LogP contribution in [0.25, 0.3) is 43.1 Å². The van der Waals surface area contributed by atoms with E-state index in [1.807, 2.05) is 42.5 Å². The highest BCUT2D eigenvalue weighted by Crippen LogP contribution is 2.48. The van der Waals surface area contributed by atoms with Crippen LogP contribution in [0.4, 0.5) is 0 Å². The van der Waals surface area contributed by atoms with Crippen molar-refractivity contribution >= 4 is 82.6 Å². The maximum atomic E-state index is 13.9. The minimum atomic E-state index is -0.252. The van der Waals surface area contributed by atoms with E-state index in [2.05, 4.69) is 29.8 Å². The van der Waals surface area contributed by atoms with E-state index in [0.29, 0.717) is 46.1 Å². The number of nitrogens with zero attached hydrogens (tertiary/aromatic N) is 2. The molecular weight excluding hydrogens is 652 g/mol. The Labute approximate surface area is 283 Å². The predicted octanol–water partition coefficient (Wildman–Crippen LogP) is 10.4. The summed E-state index contributed by atoms with van der Waals surface area (Å²) in [6.07, 6.45) is 12.9. The normalized spacial score (nSPS) is 14.7. The lowest BCUT2D eigenvalue weighted by atomic mass is 9.82. The van der Waals surface area contributed by atoms with Gasteiger partial charge in [-0.05, 0) is 58.7 Å². The van der Waals surface area contributed by atoms with Crippen molar-refractivity contribution in [2.45, 2.75) is 90.9 Å². The van der Waals surface area contributed by atoms with Gasteiger partial charge in [0.2, 0.25) is 0 Å². The first-order valence-corrected chi connectivity index (χ1v) is 18.3. The molecule has 0 unspecified atom stereocenters. The van der Waals surface area contributed by atoms with Crippen molar-refractivity contribution < 1.29 is 19.2 Å². The smallest absolute Gasteiger partial charge is 0.261 e. The Morgan fingerprint density at radius 2 is 0.851 bits per heavy atom. The number of fused-ring (bicyclic) bond motifs is 2. The van der Waals surface area contributed by atoms with Crippen LogP contribution in [0.5, 0.6) is 0 Å². The number of hydrogen-bond donors (Lipinski definition) is 0. The SMILES string of the molecule is CCCCCCCCN1C(=O)c2ccc3c4ccc5c6c(cc(Br)c(c7ccc(c2c37)C1=O)c64)C(=O)N(CCCCCCCC)C5=O. The fourth-order valence-electron chi connectivity index (χ4n) is 7.92.